The Morgan fingerprint density at radius 2 is 2.05 bits per heavy atom. The standard InChI is InChI=1S/C15H15F2N3O2/c1-3-20-7-9(14(18)21)13(12(17)15(20)22)19-11-5-4-8(2)6-10(11)16/h4-7,19H,3H2,1-2H3,(H2,18,21). The molecule has 22 heavy (non-hydrogen) atoms. The number of hydrogen-bond donors (Lipinski definition) is 2. The van der Waals surface area contributed by atoms with Crippen LogP contribution in [0.25, 0.3) is 0 Å². The predicted molar refractivity (Wildman–Crippen MR) is 79.3 cm³/mol. The Morgan fingerprint density at radius 3 is 2.59 bits per heavy atom. The highest BCUT2D eigenvalue weighted by Gasteiger charge is 2.20. The first kappa shape index (κ1) is 15.7. The van der Waals surface area contributed by atoms with Crippen molar-refractivity contribution in [2.24, 2.45) is 5.73 Å². The molecule has 0 aliphatic heterocycles. The van der Waals surface area contributed by atoms with Gasteiger partial charge in [0.05, 0.1) is 16.9 Å². The normalized spacial score (nSPS) is 10.5. The molecule has 5 nitrogen and oxygen atoms in total. The molecule has 1 aromatic carbocycles. The first-order chi connectivity index (χ1) is 10.3. The molecule has 2 aromatic rings. The van der Waals surface area contributed by atoms with Crippen LogP contribution in [-0.2, 0) is 6.54 Å². The second-order valence-electron chi connectivity index (χ2n) is 4.80. The molecular weight excluding hydrogens is 292 g/mol. The summed E-state index contributed by atoms with van der Waals surface area (Å²) in [4.78, 5) is 23.3. The molecule has 0 saturated carbocycles. The molecule has 2 rings (SSSR count). The van der Waals surface area contributed by atoms with Crippen LogP contribution in [0, 0.1) is 18.6 Å². The number of hydrogen-bond acceptors (Lipinski definition) is 3. The molecule has 0 aliphatic carbocycles. The van der Waals surface area contributed by atoms with E-state index in [0.717, 1.165) is 10.8 Å². The Morgan fingerprint density at radius 1 is 1.36 bits per heavy atom. The molecule has 1 heterocycles. The molecule has 7 heteroatoms. The lowest BCUT2D eigenvalue weighted by molar-refractivity contribution is 0.1000. The van der Waals surface area contributed by atoms with E-state index in [1.165, 1.54) is 12.1 Å². The van der Waals surface area contributed by atoms with E-state index in [2.05, 4.69) is 5.32 Å². The molecule has 3 N–H and O–H groups in total. The molecule has 0 bridgehead atoms. The Hall–Kier alpha value is -2.70. The smallest absolute Gasteiger partial charge is 0.288 e. The minimum absolute atomic E-state index is 0.0550. The van der Waals surface area contributed by atoms with Crippen LogP contribution in [-0.4, -0.2) is 10.5 Å². The first-order valence-corrected chi connectivity index (χ1v) is 6.61. The number of pyridine rings is 1. The minimum atomic E-state index is -1.18. The quantitative estimate of drug-likeness (QED) is 0.910. The van der Waals surface area contributed by atoms with E-state index in [1.807, 2.05) is 0 Å². The topological polar surface area (TPSA) is 77.1 Å². The number of nitrogens with two attached hydrogens (primary N) is 1. The fourth-order valence-electron chi connectivity index (χ4n) is 2.03. The second-order valence-corrected chi connectivity index (χ2v) is 4.80. The van der Waals surface area contributed by atoms with Crippen LogP contribution in [0.15, 0.2) is 29.2 Å². The molecule has 0 aliphatic rings. The molecule has 0 saturated heterocycles. The van der Waals surface area contributed by atoms with Gasteiger partial charge in [-0.3, -0.25) is 9.59 Å². The summed E-state index contributed by atoms with van der Waals surface area (Å²) >= 11 is 0. The van der Waals surface area contributed by atoms with E-state index in [-0.39, 0.29) is 17.8 Å². The van der Waals surface area contributed by atoms with Gasteiger partial charge in [0.15, 0.2) is 0 Å². The van der Waals surface area contributed by atoms with Crippen molar-refractivity contribution in [3.8, 4) is 0 Å². The van der Waals surface area contributed by atoms with Crippen molar-refractivity contribution in [2.45, 2.75) is 20.4 Å². The molecule has 0 radical (unpaired) electrons. The number of aromatic nitrogens is 1. The van der Waals surface area contributed by atoms with Crippen molar-refractivity contribution in [2.75, 3.05) is 5.32 Å². The zero-order valence-corrected chi connectivity index (χ0v) is 12.1. The molecule has 0 atom stereocenters. The SMILES string of the molecule is CCn1cc(C(N)=O)c(Nc2ccc(C)cc2F)c(F)c1=O. The lowest BCUT2D eigenvalue weighted by Crippen LogP contribution is -2.27. The second kappa shape index (κ2) is 5.97. The fourth-order valence-corrected chi connectivity index (χ4v) is 2.03. The summed E-state index contributed by atoms with van der Waals surface area (Å²) in [5, 5.41) is 2.45. The van der Waals surface area contributed by atoms with E-state index < -0.39 is 28.8 Å². The van der Waals surface area contributed by atoms with Gasteiger partial charge in [-0.1, -0.05) is 6.07 Å². The van der Waals surface area contributed by atoms with Crippen molar-refractivity contribution in [1.82, 2.24) is 4.57 Å². The number of anilines is 2. The van der Waals surface area contributed by atoms with Crippen LogP contribution >= 0.6 is 0 Å². The zero-order valence-electron chi connectivity index (χ0n) is 12.1. The number of halogens is 2. The van der Waals surface area contributed by atoms with Gasteiger partial charge in [-0.25, -0.2) is 4.39 Å². The van der Waals surface area contributed by atoms with Gasteiger partial charge in [-0.15, -0.1) is 0 Å². The van der Waals surface area contributed by atoms with Crippen LogP contribution in [0.5, 0.6) is 0 Å². The summed E-state index contributed by atoms with van der Waals surface area (Å²) in [5.41, 5.74) is 4.28. The summed E-state index contributed by atoms with van der Waals surface area (Å²) in [6, 6.07) is 4.25. The average Bonchev–Trinajstić information content (AvgIpc) is 2.46. The molecule has 116 valence electrons. The first-order valence-electron chi connectivity index (χ1n) is 6.61. The van der Waals surface area contributed by atoms with E-state index in [0.29, 0.717) is 5.56 Å². The third kappa shape index (κ3) is 2.83. The van der Waals surface area contributed by atoms with Crippen LogP contribution < -0.4 is 16.6 Å². The van der Waals surface area contributed by atoms with Crippen molar-refractivity contribution in [3.05, 3.63) is 57.5 Å². The van der Waals surface area contributed by atoms with Crippen LogP contribution in [0.3, 0.4) is 0 Å². The van der Waals surface area contributed by atoms with Gasteiger partial charge >= 0.3 is 0 Å². The van der Waals surface area contributed by atoms with E-state index in [9.17, 15) is 18.4 Å². The molecule has 0 fully saturated rings. The number of aryl methyl sites for hydroxylation is 2. The third-order valence-corrected chi connectivity index (χ3v) is 3.21. The van der Waals surface area contributed by atoms with Crippen molar-refractivity contribution < 1.29 is 13.6 Å². The monoisotopic (exact) mass is 307 g/mol. The Kier molecular flexibility index (Phi) is 4.25. The van der Waals surface area contributed by atoms with Gasteiger partial charge in [0.2, 0.25) is 5.82 Å². The number of nitrogens with one attached hydrogen (secondary N) is 1. The third-order valence-electron chi connectivity index (χ3n) is 3.21. The molecule has 1 aromatic heterocycles. The minimum Gasteiger partial charge on any atom is -0.365 e. The number of carbonyl (C=O) groups excluding carboxylic acids is 1. The summed E-state index contributed by atoms with van der Waals surface area (Å²) in [5.74, 6) is -2.73. The van der Waals surface area contributed by atoms with Gasteiger partial charge < -0.3 is 15.6 Å². The maximum atomic E-state index is 14.2. The maximum absolute atomic E-state index is 14.2. The van der Waals surface area contributed by atoms with Gasteiger partial charge in [0.1, 0.15) is 5.82 Å². The van der Waals surface area contributed by atoms with E-state index in [4.69, 9.17) is 5.73 Å². The van der Waals surface area contributed by atoms with Crippen LogP contribution in [0.4, 0.5) is 20.2 Å². The molecule has 1 amide bonds. The van der Waals surface area contributed by atoms with Gasteiger partial charge in [0, 0.05) is 12.7 Å². The van der Waals surface area contributed by atoms with E-state index in [1.54, 1.807) is 19.9 Å². The van der Waals surface area contributed by atoms with Crippen molar-refractivity contribution >= 4 is 17.3 Å². The highest BCUT2D eigenvalue weighted by molar-refractivity contribution is 5.99. The average molecular weight is 307 g/mol. The lowest BCUT2D eigenvalue weighted by Gasteiger charge is -2.14. The summed E-state index contributed by atoms with van der Waals surface area (Å²) in [6.07, 6.45) is 1.15. The lowest BCUT2D eigenvalue weighted by atomic mass is 10.1. The number of rotatable bonds is 4. The number of benzene rings is 1. The number of amides is 1. The van der Waals surface area contributed by atoms with Gasteiger partial charge in [-0.2, -0.15) is 4.39 Å². The molecular formula is C15H15F2N3O2. The summed E-state index contributed by atoms with van der Waals surface area (Å²) in [7, 11) is 0. The molecule has 0 unspecified atom stereocenters. The van der Waals surface area contributed by atoms with Gasteiger partial charge in [-0.05, 0) is 31.5 Å². The number of carbonyl (C=O) groups is 1. The largest absolute Gasteiger partial charge is 0.365 e. The fraction of sp³-hybridized carbons (Fsp3) is 0.200. The van der Waals surface area contributed by atoms with Crippen LogP contribution in [0.2, 0.25) is 0 Å². The van der Waals surface area contributed by atoms with E-state index >= 15 is 0 Å². The Labute approximate surface area is 125 Å². The molecule has 0 spiro atoms. The van der Waals surface area contributed by atoms with Gasteiger partial charge in [0.25, 0.3) is 11.5 Å². The number of nitrogens with zero attached hydrogens (tertiary/aromatic N) is 1. The summed E-state index contributed by atoms with van der Waals surface area (Å²) in [6.45, 7) is 3.50. The summed E-state index contributed by atoms with van der Waals surface area (Å²) < 4.78 is 29.1. The zero-order chi connectivity index (χ0) is 16.4. The highest BCUT2D eigenvalue weighted by Crippen LogP contribution is 2.24. The van der Waals surface area contributed by atoms with Crippen molar-refractivity contribution in [1.29, 1.82) is 0 Å². The highest BCUT2D eigenvalue weighted by atomic mass is 19.1. The Bertz CT molecular complexity index is 800. The Balaban J connectivity index is 2.61. The van der Waals surface area contributed by atoms with Crippen LogP contribution in [0.1, 0.15) is 22.8 Å². The predicted octanol–water partition coefficient (Wildman–Crippen LogP) is 2.30. The van der Waals surface area contributed by atoms with Crippen molar-refractivity contribution in [3.63, 3.8) is 0 Å². The number of primary amides is 1. The maximum Gasteiger partial charge on any atom is 0.288 e.